The van der Waals surface area contributed by atoms with Gasteiger partial charge in [0, 0.05) is 26.2 Å². The molecule has 1 aromatic rings. The van der Waals surface area contributed by atoms with Crippen molar-refractivity contribution in [1.82, 2.24) is 8.61 Å². The van der Waals surface area contributed by atoms with Crippen molar-refractivity contribution >= 4 is 20.0 Å². The summed E-state index contributed by atoms with van der Waals surface area (Å²) >= 11 is 0. The molecule has 148 valence electrons. The van der Waals surface area contributed by atoms with Crippen LogP contribution < -0.4 is 0 Å². The summed E-state index contributed by atoms with van der Waals surface area (Å²) in [5, 5.41) is 0. The van der Waals surface area contributed by atoms with E-state index in [0.717, 1.165) is 18.4 Å². The van der Waals surface area contributed by atoms with Crippen LogP contribution in [0, 0.1) is 5.92 Å². The molecule has 0 atom stereocenters. The lowest BCUT2D eigenvalue weighted by Crippen LogP contribution is -2.50. The smallest absolute Gasteiger partial charge is 0.212 e. The molecule has 26 heavy (non-hydrogen) atoms. The molecule has 8 heteroatoms. The average Bonchev–Trinajstić information content (AvgIpc) is 2.60. The van der Waals surface area contributed by atoms with Gasteiger partial charge in [-0.15, -0.1) is 0 Å². The van der Waals surface area contributed by atoms with Gasteiger partial charge in [-0.3, -0.25) is 0 Å². The van der Waals surface area contributed by atoms with Gasteiger partial charge in [0.05, 0.1) is 10.6 Å². The second-order valence-corrected chi connectivity index (χ2v) is 11.2. The van der Waals surface area contributed by atoms with Crippen molar-refractivity contribution in [1.29, 1.82) is 0 Å². The third kappa shape index (κ3) is 5.28. The minimum atomic E-state index is -3.58. The fourth-order valence-corrected chi connectivity index (χ4v) is 6.12. The third-order valence-corrected chi connectivity index (χ3v) is 8.42. The summed E-state index contributed by atoms with van der Waals surface area (Å²) in [7, 11) is -6.87. The number of nitrogens with zero attached hydrogens (tertiary/aromatic N) is 2. The van der Waals surface area contributed by atoms with Gasteiger partial charge in [-0.2, -0.15) is 8.61 Å². The molecule has 1 saturated heterocycles. The lowest BCUT2D eigenvalue weighted by atomic mass is 10.0. The first kappa shape index (κ1) is 21.3. The molecule has 1 aromatic carbocycles. The maximum atomic E-state index is 12.8. The largest absolute Gasteiger partial charge is 0.243 e. The quantitative estimate of drug-likeness (QED) is 0.669. The molecule has 0 N–H and O–H groups in total. The van der Waals surface area contributed by atoms with Crippen molar-refractivity contribution in [2.45, 2.75) is 44.9 Å². The van der Waals surface area contributed by atoms with Gasteiger partial charge in [0.15, 0.2) is 0 Å². The van der Waals surface area contributed by atoms with Crippen LogP contribution in [0.4, 0.5) is 0 Å². The first-order valence-electron chi connectivity index (χ1n) is 9.23. The Hall–Kier alpha value is -0.960. The number of benzene rings is 1. The van der Waals surface area contributed by atoms with Crippen molar-refractivity contribution in [2.75, 3.05) is 31.9 Å². The minimum Gasteiger partial charge on any atom is -0.212 e. The highest BCUT2D eigenvalue weighted by molar-refractivity contribution is 7.89. The Balaban J connectivity index is 2.03. The first-order valence-corrected chi connectivity index (χ1v) is 12.3. The van der Waals surface area contributed by atoms with Gasteiger partial charge >= 0.3 is 0 Å². The van der Waals surface area contributed by atoms with Crippen LogP contribution in [0.25, 0.3) is 0 Å². The molecule has 0 aromatic heterocycles. The number of unbranched alkanes of at least 4 members (excludes halogenated alkanes) is 1. The predicted octanol–water partition coefficient (Wildman–Crippen LogP) is 2.32. The summed E-state index contributed by atoms with van der Waals surface area (Å²) in [6, 6.07) is 7.02. The standard InChI is InChI=1S/C18H30N2O4S2/c1-4-5-14-25(21,22)19-10-12-20(13-11-19)26(23,24)18-8-6-17(7-9-18)15-16(2)3/h6-9,16H,4-5,10-15H2,1-3H3. The van der Waals surface area contributed by atoms with Crippen LogP contribution in [0.2, 0.25) is 0 Å². The van der Waals surface area contributed by atoms with E-state index in [1.165, 1.54) is 8.61 Å². The number of sulfonamides is 2. The maximum absolute atomic E-state index is 12.8. The first-order chi connectivity index (χ1) is 12.2. The molecule has 0 bridgehead atoms. The second kappa shape index (κ2) is 8.82. The number of piperazine rings is 1. The van der Waals surface area contributed by atoms with Gasteiger partial charge in [0.25, 0.3) is 0 Å². The fourth-order valence-electron chi connectivity index (χ4n) is 3.06. The Bertz CT molecular complexity index is 779. The highest BCUT2D eigenvalue weighted by atomic mass is 32.2. The van der Waals surface area contributed by atoms with E-state index < -0.39 is 20.0 Å². The van der Waals surface area contributed by atoms with Crippen LogP contribution in [0.1, 0.15) is 39.2 Å². The van der Waals surface area contributed by atoms with Crippen molar-refractivity contribution in [3.63, 3.8) is 0 Å². The third-order valence-electron chi connectivity index (χ3n) is 4.55. The zero-order valence-electron chi connectivity index (χ0n) is 15.9. The van der Waals surface area contributed by atoms with Gasteiger partial charge in [-0.1, -0.05) is 39.3 Å². The van der Waals surface area contributed by atoms with E-state index in [9.17, 15) is 16.8 Å². The van der Waals surface area contributed by atoms with Gasteiger partial charge in [-0.25, -0.2) is 16.8 Å². The van der Waals surface area contributed by atoms with Gasteiger partial charge in [-0.05, 0) is 36.5 Å². The normalized spacial score (nSPS) is 17.7. The lowest BCUT2D eigenvalue weighted by molar-refractivity contribution is 0.272. The van der Waals surface area contributed by atoms with Gasteiger partial charge < -0.3 is 0 Å². The number of hydrogen-bond donors (Lipinski definition) is 0. The Labute approximate surface area is 158 Å². The van der Waals surface area contributed by atoms with Gasteiger partial charge in [0.2, 0.25) is 20.0 Å². The number of rotatable bonds is 8. The zero-order valence-corrected chi connectivity index (χ0v) is 17.5. The average molecular weight is 403 g/mol. The topological polar surface area (TPSA) is 74.8 Å². The van der Waals surface area contributed by atoms with E-state index in [1.54, 1.807) is 12.1 Å². The molecule has 0 unspecified atom stereocenters. The summed E-state index contributed by atoms with van der Waals surface area (Å²) < 4.78 is 52.9. The summed E-state index contributed by atoms with van der Waals surface area (Å²) in [5.41, 5.74) is 1.12. The number of hydrogen-bond acceptors (Lipinski definition) is 4. The highest BCUT2D eigenvalue weighted by Gasteiger charge is 2.32. The zero-order chi connectivity index (χ0) is 19.4. The molecule has 1 heterocycles. The molecule has 0 amide bonds. The Morgan fingerprint density at radius 1 is 0.923 bits per heavy atom. The molecule has 1 aliphatic rings. The summed E-state index contributed by atoms with van der Waals surface area (Å²) in [4.78, 5) is 0.271. The Morgan fingerprint density at radius 2 is 1.46 bits per heavy atom. The Morgan fingerprint density at radius 3 is 1.96 bits per heavy atom. The van der Waals surface area contributed by atoms with E-state index in [0.29, 0.717) is 12.3 Å². The molecule has 0 radical (unpaired) electrons. The molecule has 2 rings (SSSR count). The van der Waals surface area contributed by atoms with Gasteiger partial charge in [0.1, 0.15) is 0 Å². The van der Waals surface area contributed by atoms with Crippen LogP contribution in [-0.4, -0.2) is 57.4 Å². The maximum Gasteiger partial charge on any atom is 0.243 e. The molecule has 0 aliphatic carbocycles. The monoisotopic (exact) mass is 402 g/mol. The van der Waals surface area contributed by atoms with E-state index in [4.69, 9.17) is 0 Å². The van der Waals surface area contributed by atoms with Crippen LogP contribution in [0.15, 0.2) is 29.2 Å². The summed E-state index contributed by atoms with van der Waals surface area (Å²) in [6.45, 7) is 7.03. The molecule has 1 fully saturated rings. The minimum absolute atomic E-state index is 0.133. The molecule has 1 aliphatic heterocycles. The van der Waals surface area contributed by atoms with Crippen LogP contribution in [0.5, 0.6) is 0 Å². The summed E-state index contributed by atoms with van der Waals surface area (Å²) in [5.74, 6) is 0.647. The van der Waals surface area contributed by atoms with E-state index in [-0.39, 0.29) is 36.8 Å². The summed E-state index contributed by atoms with van der Waals surface area (Å²) in [6.07, 6.45) is 2.36. The second-order valence-electron chi connectivity index (χ2n) is 7.21. The Kier molecular flexibility index (Phi) is 7.24. The molecule has 0 saturated carbocycles. The van der Waals surface area contributed by atoms with Crippen LogP contribution in [0.3, 0.4) is 0 Å². The van der Waals surface area contributed by atoms with Crippen molar-refractivity contribution < 1.29 is 16.8 Å². The van der Waals surface area contributed by atoms with Crippen LogP contribution in [-0.2, 0) is 26.5 Å². The predicted molar refractivity (Wildman–Crippen MR) is 104 cm³/mol. The molecule has 6 nitrogen and oxygen atoms in total. The van der Waals surface area contributed by atoms with Crippen LogP contribution >= 0.6 is 0 Å². The van der Waals surface area contributed by atoms with E-state index in [2.05, 4.69) is 13.8 Å². The molecular formula is C18H30N2O4S2. The SMILES string of the molecule is CCCCS(=O)(=O)N1CCN(S(=O)(=O)c2ccc(CC(C)C)cc2)CC1. The molecule has 0 spiro atoms. The fraction of sp³-hybridized carbons (Fsp3) is 0.667. The van der Waals surface area contributed by atoms with Crippen molar-refractivity contribution in [3.05, 3.63) is 29.8 Å². The highest BCUT2D eigenvalue weighted by Crippen LogP contribution is 2.20. The van der Waals surface area contributed by atoms with E-state index >= 15 is 0 Å². The van der Waals surface area contributed by atoms with E-state index in [1.807, 2.05) is 19.1 Å². The van der Waals surface area contributed by atoms with Crippen molar-refractivity contribution in [2.24, 2.45) is 5.92 Å². The lowest BCUT2D eigenvalue weighted by Gasteiger charge is -2.33. The van der Waals surface area contributed by atoms with Crippen molar-refractivity contribution in [3.8, 4) is 0 Å². The molecular weight excluding hydrogens is 372 g/mol.